The van der Waals surface area contributed by atoms with Gasteiger partial charge in [0.15, 0.2) is 11.0 Å². The smallest absolute Gasteiger partial charge is 0.234 e. The summed E-state index contributed by atoms with van der Waals surface area (Å²) in [5.74, 6) is 0.945. The van der Waals surface area contributed by atoms with Crippen molar-refractivity contribution in [2.75, 3.05) is 18.2 Å². The van der Waals surface area contributed by atoms with Gasteiger partial charge in [-0.25, -0.2) is 0 Å². The zero-order valence-corrected chi connectivity index (χ0v) is 20.4. The third kappa shape index (κ3) is 5.03. The van der Waals surface area contributed by atoms with Crippen LogP contribution in [0.2, 0.25) is 5.02 Å². The van der Waals surface area contributed by atoms with Gasteiger partial charge in [-0.05, 0) is 55.8 Å². The van der Waals surface area contributed by atoms with Crippen LogP contribution in [0.5, 0.6) is 11.5 Å². The van der Waals surface area contributed by atoms with Gasteiger partial charge < -0.3 is 15.2 Å². The second-order valence-corrected chi connectivity index (χ2v) is 9.01. The average Bonchev–Trinajstić information content (AvgIpc) is 3.21. The third-order valence-electron chi connectivity index (χ3n) is 5.14. The summed E-state index contributed by atoms with van der Waals surface area (Å²) in [6.07, 6.45) is 0. The molecule has 0 atom stereocenters. The quantitative estimate of drug-likeness (QED) is 0.323. The number of halogens is 1. The third-order valence-corrected chi connectivity index (χ3v) is 6.30. The van der Waals surface area contributed by atoms with E-state index >= 15 is 0 Å². The van der Waals surface area contributed by atoms with E-state index in [4.69, 9.17) is 16.3 Å². The van der Waals surface area contributed by atoms with Crippen LogP contribution in [0.1, 0.15) is 11.1 Å². The molecule has 0 aliphatic carbocycles. The number of phenolic OH excluding ortho intramolecular Hbond substituents is 1. The van der Waals surface area contributed by atoms with Gasteiger partial charge in [0.05, 0.1) is 29.8 Å². The molecule has 0 radical (unpaired) electrons. The first-order valence-electron chi connectivity index (χ1n) is 10.4. The first-order chi connectivity index (χ1) is 16.4. The Bertz CT molecular complexity index is 1360. The number of aryl methyl sites for hydroxylation is 2. The number of para-hydroxylation sites is 1. The Morgan fingerprint density at radius 2 is 1.91 bits per heavy atom. The summed E-state index contributed by atoms with van der Waals surface area (Å²) in [6, 6.07) is 18.0. The summed E-state index contributed by atoms with van der Waals surface area (Å²) in [5.41, 5.74) is 4.06. The van der Waals surface area contributed by atoms with Crippen LogP contribution in [0.3, 0.4) is 0 Å². The Morgan fingerprint density at radius 1 is 1.12 bits per heavy atom. The number of anilines is 1. The maximum Gasteiger partial charge on any atom is 0.234 e. The minimum Gasteiger partial charge on any atom is -0.507 e. The van der Waals surface area contributed by atoms with E-state index in [1.807, 2.05) is 36.6 Å². The molecule has 0 unspecified atom stereocenters. The highest BCUT2D eigenvalue weighted by Crippen LogP contribution is 2.34. The second-order valence-electron chi connectivity index (χ2n) is 7.63. The molecule has 4 aromatic rings. The molecule has 0 saturated carbocycles. The monoisotopic (exact) mass is 494 g/mol. The molecule has 9 heteroatoms. The van der Waals surface area contributed by atoms with Gasteiger partial charge in [-0.3, -0.25) is 9.36 Å². The van der Waals surface area contributed by atoms with Gasteiger partial charge >= 0.3 is 0 Å². The number of rotatable bonds is 7. The van der Waals surface area contributed by atoms with Gasteiger partial charge in [0.1, 0.15) is 11.5 Å². The van der Waals surface area contributed by atoms with Crippen LogP contribution in [0.15, 0.2) is 65.8 Å². The lowest BCUT2D eigenvalue weighted by Gasteiger charge is -2.14. The molecule has 4 rings (SSSR count). The Labute approximate surface area is 206 Å². The molecular weight excluding hydrogens is 472 g/mol. The molecule has 1 heterocycles. The highest BCUT2D eigenvalue weighted by Gasteiger charge is 2.20. The van der Waals surface area contributed by atoms with Gasteiger partial charge in [-0.1, -0.05) is 53.2 Å². The molecule has 0 aliphatic heterocycles. The number of phenols is 1. The fourth-order valence-electron chi connectivity index (χ4n) is 3.57. The molecule has 174 valence electrons. The Kier molecular flexibility index (Phi) is 7.09. The van der Waals surface area contributed by atoms with Crippen LogP contribution in [0, 0.1) is 13.8 Å². The number of aromatic nitrogens is 3. The number of carbonyl (C=O) groups excluding carboxylic acids is 1. The summed E-state index contributed by atoms with van der Waals surface area (Å²) in [7, 11) is 1.53. The van der Waals surface area contributed by atoms with Crippen molar-refractivity contribution >= 4 is 35.0 Å². The summed E-state index contributed by atoms with van der Waals surface area (Å²) >= 11 is 7.31. The lowest BCUT2D eigenvalue weighted by Crippen LogP contribution is -2.15. The zero-order valence-electron chi connectivity index (χ0n) is 18.9. The molecule has 0 spiro atoms. The first-order valence-corrected chi connectivity index (χ1v) is 11.8. The SMILES string of the molecule is COc1ccc(Cl)cc1NC(=O)CSc1nnc(-c2ccccc2O)n1-c1ccc(C)cc1C. The number of amides is 1. The number of methoxy groups -OCH3 is 1. The van der Waals surface area contributed by atoms with Crippen LogP contribution in [-0.2, 0) is 4.79 Å². The van der Waals surface area contributed by atoms with Crippen LogP contribution in [0.25, 0.3) is 17.1 Å². The van der Waals surface area contributed by atoms with Crippen LogP contribution in [-0.4, -0.2) is 38.6 Å². The van der Waals surface area contributed by atoms with Crippen LogP contribution >= 0.6 is 23.4 Å². The highest BCUT2D eigenvalue weighted by atomic mass is 35.5. The van der Waals surface area contributed by atoms with E-state index in [0.717, 1.165) is 16.8 Å². The Morgan fingerprint density at radius 3 is 2.65 bits per heavy atom. The number of benzene rings is 3. The predicted molar refractivity (Wildman–Crippen MR) is 135 cm³/mol. The number of aromatic hydroxyl groups is 1. The zero-order chi connectivity index (χ0) is 24.2. The molecule has 34 heavy (non-hydrogen) atoms. The van der Waals surface area contributed by atoms with Crippen molar-refractivity contribution in [2.45, 2.75) is 19.0 Å². The number of nitrogens with zero attached hydrogens (tertiary/aromatic N) is 3. The van der Waals surface area contributed by atoms with Gasteiger partial charge in [0.2, 0.25) is 5.91 Å². The van der Waals surface area contributed by atoms with Crippen molar-refractivity contribution in [3.05, 3.63) is 76.8 Å². The number of ether oxygens (including phenoxy) is 1. The topological polar surface area (TPSA) is 89.3 Å². The lowest BCUT2D eigenvalue weighted by molar-refractivity contribution is -0.113. The van der Waals surface area contributed by atoms with E-state index < -0.39 is 0 Å². The number of hydrogen-bond acceptors (Lipinski definition) is 6. The molecule has 3 aromatic carbocycles. The summed E-state index contributed by atoms with van der Waals surface area (Å²) in [6.45, 7) is 4.03. The maximum absolute atomic E-state index is 12.7. The number of nitrogens with one attached hydrogen (secondary N) is 1. The van der Waals surface area contributed by atoms with Crippen molar-refractivity contribution < 1.29 is 14.6 Å². The normalized spacial score (nSPS) is 10.8. The highest BCUT2D eigenvalue weighted by molar-refractivity contribution is 7.99. The van der Waals surface area contributed by atoms with E-state index in [2.05, 4.69) is 21.6 Å². The molecule has 2 N–H and O–H groups in total. The average molecular weight is 495 g/mol. The molecule has 7 nitrogen and oxygen atoms in total. The van der Waals surface area contributed by atoms with Crippen LogP contribution < -0.4 is 10.1 Å². The maximum atomic E-state index is 12.7. The molecule has 0 fully saturated rings. The molecule has 0 aliphatic rings. The van der Waals surface area contributed by atoms with Crippen molar-refractivity contribution in [2.24, 2.45) is 0 Å². The summed E-state index contributed by atoms with van der Waals surface area (Å²) in [4.78, 5) is 12.7. The van der Waals surface area contributed by atoms with Gasteiger partial charge in [0.25, 0.3) is 0 Å². The van der Waals surface area contributed by atoms with Crippen molar-refractivity contribution in [1.82, 2.24) is 14.8 Å². The van der Waals surface area contributed by atoms with Gasteiger partial charge in [0, 0.05) is 5.02 Å². The van der Waals surface area contributed by atoms with E-state index in [9.17, 15) is 9.90 Å². The number of carbonyl (C=O) groups is 1. The van der Waals surface area contributed by atoms with Crippen molar-refractivity contribution in [1.29, 1.82) is 0 Å². The van der Waals surface area contributed by atoms with E-state index in [-0.39, 0.29) is 17.4 Å². The van der Waals surface area contributed by atoms with Gasteiger partial charge in [-0.2, -0.15) is 0 Å². The van der Waals surface area contributed by atoms with E-state index in [1.54, 1.807) is 36.4 Å². The largest absolute Gasteiger partial charge is 0.507 e. The summed E-state index contributed by atoms with van der Waals surface area (Å²) in [5, 5.41) is 23.0. The Balaban J connectivity index is 1.65. The molecular formula is C25H23ClN4O3S. The van der Waals surface area contributed by atoms with Gasteiger partial charge in [-0.15, -0.1) is 10.2 Å². The van der Waals surface area contributed by atoms with Crippen LogP contribution in [0.4, 0.5) is 5.69 Å². The summed E-state index contributed by atoms with van der Waals surface area (Å²) < 4.78 is 7.16. The standard InChI is InChI=1S/C25H23ClN4O3S/c1-15-8-10-20(16(2)12-15)30-24(18-6-4-5-7-21(18)31)28-29-25(30)34-14-23(32)27-19-13-17(26)9-11-22(19)33-3/h4-13,31H,14H2,1-3H3,(H,27,32). The van der Waals surface area contributed by atoms with Crippen molar-refractivity contribution in [3.8, 4) is 28.6 Å². The molecule has 1 aromatic heterocycles. The Hall–Kier alpha value is -3.49. The molecule has 1 amide bonds. The first kappa shape index (κ1) is 23.7. The molecule has 0 saturated heterocycles. The fraction of sp³-hybridized carbons (Fsp3) is 0.160. The van der Waals surface area contributed by atoms with E-state index in [0.29, 0.717) is 33.0 Å². The van der Waals surface area contributed by atoms with E-state index in [1.165, 1.54) is 18.9 Å². The predicted octanol–water partition coefficient (Wildman–Crippen LogP) is 5.65. The molecule has 0 bridgehead atoms. The number of thioether (sulfide) groups is 1. The second kappa shape index (κ2) is 10.2. The minimum atomic E-state index is -0.246. The lowest BCUT2D eigenvalue weighted by atomic mass is 10.1. The minimum absolute atomic E-state index is 0.0828. The fourth-order valence-corrected chi connectivity index (χ4v) is 4.49. The number of hydrogen-bond donors (Lipinski definition) is 2. The van der Waals surface area contributed by atoms with Crippen molar-refractivity contribution in [3.63, 3.8) is 0 Å².